The highest BCUT2D eigenvalue weighted by atomic mass is 35.5. The number of azo groups is 1. The van der Waals surface area contributed by atoms with Crippen LogP contribution in [0.5, 0.6) is 0 Å². The van der Waals surface area contributed by atoms with Gasteiger partial charge in [-0.2, -0.15) is 10.2 Å². The molecule has 1 N–H and O–H groups in total. The molecule has 0 aliphatic carbocycles. The molecule has 0 radical (unpaired) electrons. The van der Waals surface area contributed by atoms with E-state index < -0.39 is 20.6 Å². The third kappa shape index (κ3) is 4.97. The third-order valence-electron chi connectivity index (χ3n) is 4.72. The maximum absolute atomic E-state index is 13.1. The first-order valence-electron chi connectivity index (χ1n) is 9.61. The number of hydrogen-bond acceptors (Lipinski definition) is 7. The van der Waals surface area contributed by atoms with Crippen LogP contribution in [0.3, 0.4) is 0 Å². The van der Waals surface area contributed by atoms with Crippen LogP contribution in [-0.2, 0) is 16.6 Å². The van der Waals surface area contributed by atoms with Crippen molar-refractivity contribution in [3.05, 3.63) is 99.7 Å². The lowest BCUT2D eigenvalue weighted by atomic mass is 10.1. The summed E-state index contributed by atoms with van der Waals surface area (Å²) in [5.41, 5.74) is 1.35. The minimum Gasteiger partial charge on any atom is -0.278 e. The van der Waals surface area contributed by atoms with Gasteiger partial charge in [-0.25, -0.2) is 8.42 Å². The normalized spacial score (nSPS) is 11.7. The maximum Gasteiger partial charge on any atom is 0.270 e. The van der Waals surface area contributed by atoms with Crippen molar-refractivity contribution in [2.24, 2.45) is 10.2 Å². The monoisotopic (exact) mass is 481 g/mol. The average Bonchev–Trinajstić information content (AvgIpc) is 2.80. The Balaban J connectivity index is 1.69. The van der Waals surface area contributed by atoms with Crippen molar-refractivity contribution in [2.45, 2.75) is 11.4 Å². The molecule has 1 aromatic heterocycles. The summed E-state index contributed by atoms with van der Waals surface area (Å²) in [7, 11) is -4.25. The number of halogens is 1. The van der Waals surface area contributed by atoms with Gasteiger partial charge in [0.05, 0.1) is 27.7 Å². The number of nitrogens with one attached hydrogen (secondary N) is 1. The fourth-order valence-corrected chi connectivity index (χ4v) is 4.62. The van der Waals surface area contributed by atoms with Gasteiger partial charge >= 0.3 is 0 Å². The number of non-ortho nitro benzene ring substituents is 1. The molecular formula is C22H16ClN5O4S. The highest BCUT2D eigenvalue weighted by Crippen LogP contribution is 2.32. The second-order valence-corrected chi connectivity index (χ2v) is 8.94. The Morgan fingerprint density at radius 1 is 1.03 bits per heavy atom. The van der Waals surface area contributed by atoms with Gasteiger partial charge in [-0.05, 0) is 35.9 Å². The van der Waals surface area contributed by atoms with E-state index in [-0.39, 0.29) is 27.8 Å². The number of para-hydroxylation sites is 2. The smallest absolute Gasteiger partial charge is 0.270 e. The van der Waals surface area contributed by atoms with E-state index in [1.54, 1.807) is 24.4 Å². The molecule has 4 rings (SSSR count). The molecule has 166 valence electrons. The van der Waals surface area contributed by atoms with Crippen LogP contribution in [0, 0.1) is 10.1 Å². The van der Waals surface area contributed by atoms with Gasteiger partial charge in [-0.3, -0.25) is 19.8 Å². The van der Waals surface area contributed by atoms with Crippen LogP contribution in [-0.4, -0.2) is 18.3 Å². The number of fused-ring (bicyclic) bond motifs is 1. The standard InChI is InChI=1S/C22H16ClN5O4S/c23-18-6-2-4-8-20(18)27-33(31,32)22-13-16(28(29)30)9-10-21(22)26-25-14-15-11-12-24-19-7-3-1-5-17(15)19/h1-13,27H,14H2. The summed E-state index contributed by atoms with van der Waals surface area (Å²) in [6, 6.07) is 18.9. The number of nitrogens with zero attached hydrogens (tertiary/aromatic N) is 4. The molecule has 0 fully saturated rings. The molecule has 9 nitrogen and oxygen atoms in total. The van der Waals surface area contributed by atoms with E-state index in [4.69, 9.17) is 11.6 Å². The van der Waals surface area contributed by atoms with Crippen LogP contribution in [0.1, 0.15) is 5.56 Å². The molecule has 0 bridgehead atoms. The summed E-state index contributed by atoms with van der Waals surface area (Å²) < 4.78 is 28.5. The van der Waals surface area contributed by atoms with E-state index in [0.717, 1.165) is 22.5 Å². The highest BCUT2D eigenvalue weighted by Gasteiger charge is 2.23. The topological polar surface area (TPSA) is 127 Å². The van der Waals surface area contributed by atoms with Crippen molar-refractivity contribution in [3.63, 3.8) is 0 Å². The number of aromatic nitrogens is 1. The number of nitro benzene ring substituents is 1. The predicted molar refractivity (Wildman–Crippen MR) is 125 cm³/mol. The lowest BCUT2D eigenvalue weighted by molar-refractivity contribution is -0.385. The minimum atomic E-state index is -4.25. The fourth-order valence-electron chi connectivity index (χ4n) is 3.14. The molecule has 1 heterocycles. The van der Waals surface area contributed by atoms with Gasteiger partial charge in [0.2, 0.25) is 0 Å². The summed E-state index contributed by atoms with van der Waals surface area (Å²) in [4.78, 5) is 14.5. The molecular weight excluding hydrogens is 466 g/mol. The molecule has 33 heavy (non-hydrogen) atoms. The van der Waals surface area contributed by atoms with Crippen molar-refractivity contribution in [3.8, 4) is 0 Å². The second-order valence-electron chi connectivity index (χ2n) is 6.88. The van der Waals surface area contributed by atoms with Gasteiger partial charge in [0.1, 0.15) is 10.6 Å². The van der Waals surface area contributed by atoms with Crippen LogP contribution in [0.4, 0.5) is 17.1 Å². The predicted octanol–water partition coefficient (Wildman–Crippen LogP) is 5.88. The van der Waals surface area contributed by atoms with E-state index in [1.165, 1.54) is 24.3 Å². The Labute approximate surface area is 194 Å². The van der Waals surface area contributed by atoms with Gasteiger partial charge in [0.15, 0.2) is 0 Å². The average molecular weight is 482 g/mol. The first-order valence-corrected chi connectivity index (χ1v) is 11.5. The van der Waals surface area contributed by atoms with Crippen molar-refractivity contribution in [1.82, 2.24) is 4.98 Å². The van der Waals surface area contributed by atoms with Crippen LogP contribution in [0.2, 0.25) is 5.02 Å². The van der Waals surface area contributed by atoms with Crippen molar-refractivity contribution in [2.75, 3.05) is 4.72 Å². The van der Waals surface area contributed by atoms with Gasteiger partial charge in [0, 0.05) is 23.7 Å². The number of pyridine rings is 1. The fraction of sp³-hybridized carbons (Fsp3) is 0.0455. The zero-order valence-electron chi connectivity index (χ0n) is 16.9. The van der Waals surface area contributed by atoms with Crippen LogP contribution in [0.15, 0.2) is 94.1 Å². The molecule has 0 amide bonds. The molecule has 0 aliphatic rings. The zero-order valence-corrected chi connectivity index (χ0v) is 18.5. The number of sulfonamides is 1. The van der Waals surface area contributed by atoms with E-state index in [9.17, 15) is 18.5 Å². The maximum atomic E-state index is 13.1. The number of nitro groups is 1. The highest BCUT2D eigenvalue weighted by molar-refractivity contribution is 7.92. The molecule has 0 saturated heterocycles. The molecule has 11 heteroatoms. The number of rotatable bonds is 7. The Kier molecular flexibility index (Phi) is 6.29. The summed E-state index contributed by atoms with van der Waals surface area (Å²) in [6.07, 6.45) is 1.66. The van der Waals surface area contributed by atoms with Gasteiger partial charge in [-0.15, -0.1) is 0 Å². The summed E-state index contributed by atoms with van der Waals surface area (Å²) >= 11 is 6.06. The molecule has 0 aliphatic heterocycles. The van der Waals surface area contributed by atoms with Crippen LogP contribution < -0.4 is 4.72 Å². The first-order chi connectivity index (χ1) is 15.8. The molecule has 0 spiro atoms. The number of benzene rings is 3. The Morgan fingerprint density at radius 2 is 1.79 bits per heavy atom. The van der Waals surface area contributed by atoms with Crippen LogP contribution in [0.25, 0.3) is 10.9 Å². The molecule has 3 aromatic carbocycles. The summed E-state index contributed by atoms with van der Waals surface area (Å²) in [5.74, 6) is 0. The summed E-state index contributed by atoms with van der Waals surface area (Å²) in [6.45, 7) is 0.164. The number of hydrogen-bond donors (Lipinski definition) is 1. The van der Waals surface area contributed by atoms with Crippen molar-refractivity contribution < 1.29 is 13.3 Å². The number of anilines is 1. The Bertz CT molecular complexity index is 1490. The third-order valence-corrected chi connectivity index (χ3v) is 6.44. The second kappa shape index (κ2) is 9.31. The molecule has 0 atom stereocenters. The van der Waals surface area contributed by atoms with E-state index in [0.29, 0.717) is 0 Å². The SMILES string of the molecule is O=[N+]([O-])c1ccc(N=NCc2ccnc3ccccc23)c(S(=O)(=O)Nc2ccccc2Cl)c1. The van der Waals surface area contributed by atoms with E-state index in [1.807, 2.05) is 24.3 Å². The molecule has 0 unspecified atom stereocenters. The lowest BCUT2D eigenvalue weighted by Crippen LogP contribution is -2.13. The molecule has 4 aromatic rings. The zero-order chi connectivity index (χ0) is 23.4. The van der Waals surface area contributed by atoms with Gasteiger partial charge < -0.3 is 0 Å². The molecule has 0 saturated carbocycles. The summed E-state index contributed by atoms with van der Waals surface area (Å²) in [5, 5.41) is 20.5. The Hall–Kier alpha value is -3.89. The van der Waals surface area contributed by atoms with Gasteiger partial charge in [-0.1, -0.05) is 41.9 Å². The first kappa shape index (κ1) is 22.3. The van der Waals surface area contributed by atoms with Crippen molar-refractivity contribution in [1.29, 1.82) is 0 Å². The largest absolute Gasteiger partial charge is 0.278 e. The quantitative estimate of drug-likeness (QED) is 0.200. The van der Waals surface area contributed by atoms with Gasteiger partial charge in [0.25, 0.3) is 15.7 Å². The minimum absolute atomic E-state index is 0.0430. The van der Waals surface area contributed by atoms with Crippen molar-refractivity contribution >= 4 is 49.6 Å². The lowest BCUT2D eigenvalue weighted by Gasteiger charge is -2.11. The Morgan fingerprint density at radius 3 is 2.58 bits per heavy atom. The van der Waals surface area contributed by atoms with Crippen LogP contribution >= 0.6 is 11.6 Å². The van der Waals surface area contributed by atoms with E-state index >= 15 is 0 Å². The van der Waals surface area contributed by atoms with E-state index in [2.05, 4.69) is 19.9 Å².